The lowest BCUT2D eigenvalue weighted by atomic mass is 9.84. The van der Waals surface area contributed by atoms with E-state index in [1.165, 1.54) is 12.8 Å². The minimum Gasteiger partial charge on any atom is -0.394 e. The van der Waals surface area contributed by atoms with Gasteiger partial charge in [0.1, 0.15) is 0 Å². The Morgan fingerprint density at radius 1 is 1.17 bits per heavy atom. The Kier molecular flexibility index (Phi) is 9.82. The number of alkyl halides is 3. The van der Waals surface area contributed by atoms with Crippen LogP contribution in [0.1, 0.15) is 64.2 Å². The van der Waals surface area contributed by atoms with Gasteiger partial charge < -0.3 is 25.4 Å². The van der Waals surface area contributed by atoms with Crippen LogP contribution in [0, 0.1) is 11.8 Å². The van der Waals surface area contributed by atoms with E-state index in [0.29, 0.717) is 11.5 Å². The van der Waals surface area contributed by atoms with Gasteiger partial charge in [-0.2, -0.15) is 13.2 Å². The highest BCUT2D eigenvalue weighted by molar-refractivity contribution is 7.46. The van der Waals surface area contributed by atoms with Gasteiger partial charge >= 0.3 is 14.0 Å². The van der Waals surface area contributed by atoms with Crippen molar-refractivity contribution in [3.8, 4) is 0 Å². The fourth-order valence-electron chi connectivity index (χ4n) is 4.79. The summed E-state index contributed by atoms with van der Waals surface area (Å²) in [6.45, 7) is -0.987. The zero-order valence-electron chi connectivity index (χ0n) is 19.9. The maximum absolute atomic E-state index is 13.7. The van der Waals surface area contributed by atoms with Crippen LogP contribution in [0.4, 0.5) is 13.2 Å². The Balaban J connectivity index is 1.48. The molecule has 3 rings (SSSR count). The number of hydrogen-bond acceptors (Lipinski definition) is 5. The van der Waals surface area contributed by atoms with Crippen molar-refractivity contribution < 1.29 is 41.9 Å². The summed E-state index contributed by atoms with van der Waals surface area (Å²) in [5.41, 5.74) is 5.65. The van der Waals surface area contributed by atoms with Gasteiger partial charge in [-0.15, -0.1) is 0 Å². The highest BCUT2D eigenvalue weighted by Gasteiger charge is 2.40. The van der Waals surface area contributed by atoms with Crippen molar-refractivity contribution in [1.29, 1.82) is 0 Å². The molecule has 0 aromatic rings. The highest BCUT2D eigenvalue weighted by atomic mass is 31.2. The normalized spacial score (nSPS) is 25.5. The molecule has 3 atom stereocenters. The van der Waals surface area contributed by atoms with Crippen LogP contribution < -0.4 is 5.73 Å². The minimum atomic E-state index is -4.79. The second-order valence-electron chi connectivity index (χ2n) is 10.1. The first kappa shape index (κ1) is 28.6. The molecule has 0 saturated heterocycles. The fourth-order valence-corrected chi connectivity index (χ4v) is 5.22. The van der Waals surface area contributed by atoms with Gasteiger partial charge in [-0.1, -0.05) is 23.3 Å². The third-order valence-corrected chi connectivity index (χ3v) is 7.50. The average Bonchev–Trinajstić information content (AvgIpc) is 3.64. The van der Waals surface area contributed by atoms with E-state index >= 15 is 0 Å². The standard InChI is InChI=1S/C24H37F3NO6P/c25-24(26,27)21-14-18(10-11-23(28,15-29)16-34-35(30,31)32)6-9-22(21)33-12-2-4-17-3-1-5-20(13-17)19-7-8-19/h5-6,14,17,19,22,29H,1-4,7-13,15-16,28H2,(H2,30,31,32). The smallest absolute Gasteiger partial charge is 0.394 e. The SMILES string of the molecule is NC(CO)(CCC1=CCC(OCCCC2CCC=C(C3CC3)C2)C(C(F)(F)F)=C1)COP(=O)(O)O. The Morgan fingerprint density at radius 3 is 2.54 bits per heavy atom. The lowest BCUT2D eigenvalue weighted by Gasteiger charge is -2.29. The van der Waals surface area contributed by atoms with Crippen LogP contribution in [-0.4, -0.2) is 52.5 Å². The van der Waals surface area contributed by atoms with Crippen molar-refractivity contribution in [3.05, 3.63) is 34.9 Å². The molecule has 0 bridgehead atoms. The van der Waals surface area contributed by atoms with Crippen LogP contribution in [0.5, 0.6) is 0 Å². The molecule has 0 aromatic heterocycles. The Bertz CT molecular complexity index is 864. The summed E-state index contributed by atoms with van der Waals surface area (Å²) in [6.07, 6.45) is 7.25. The number of rotatable bonds is 13. The van der Waals surface area contributed by atoms with E-state index in [2.05, 4.69) is 10.6 Å². The number of ether oxygens (including phenoxy) is 1. The molecule has 200 valence electrons. The number of nitrogens with two attached hydrogens (primary N) is 1. The first-order valence-corrected chi connectivity index (χ1v) is 13.8. The highest BCUT2D eigenvalue weighted by Crippen LogP contribution is 2.43. The second-order valence-corrected chi connectivity index (χ2v) is 11.3. The fraction of sp³-hybridized carbons (Fsp3) is 0.750. The van der Waals surface area contributed by atoms with Crippen LogP contribution in [0.25, 0.3) is 0 Å². The number of phosphoric acid groups is 1. The van der Waals surface area contributed by atoms with Crippen molar-refractivity contribution >= 4 is 7.82 Å². The van der Waals surface area contributed by atoms with E-state index in [4.69, 9.17) is 20.3 Å². The number of phosphoric ester groups is 1. The third kappa shape index (κ3) is 9.43. The molecule has 0 aromatic carbocycles. The summed E-state index contributed by atoms with van der Waals surface area (Å²) in [6, 6.07) is 0. The van der Waals surface area contributed by atoms with Gasteiger partial charge in [-0.3, -0.25) is 4.52 Å². The quantitative estimate of drug-likeness (QED) is 0.157. The summed E-state index contributed by atoms with van der Waals surface area (Å²) in [5, 5.41) is 9.50. The van der Waals surface area contributed by atoms with E-state index < -0.39 is 44.4 Å². The Hall–Kier alpha value is -1.00. The number of halogens is 3. The third-order valence-electron chi connectivity index (χ3n) is 7.04. The van der Waals surface area contributed by atoms with E-state index in [0.717, 1.165) is 44.1 Å². The van der Waals surface area contributed by atoms with E-state index in [-0.39, 0.29) is 25.9 Å². The van der Waals surface area contributed by atoms with Crippen molar-refractivity contribution in [2.24, 2.45) is 17.6 Å². The summed E-state index contributed by atoms with van der Waals surface area (Å²) in [5.74, 6) is 1.37. The zero-order chi connectivity index (χ0) is 25.7. The summed E-state index contributed by atoms with van der Waals surface area (Å²) < 4.78 is 62.1. The molecule has 7 nitrogen and oxygen atoms in total. The molecule has 35 heavy (non-hydrogen) atoms. The van der Waals surface area contributed by atoms with Crippen LogP contribution in [0.2, 0.25) is 0 Å². The summed E-state index contributed by atoms with van der Waals surface area (Å²) in [4.78, 5) is 17.7. The van der Waals surface area contributed by atoms with Crippen LogP contribution in [-0.2, 0) is 13.8 Å². The number of allylic oxidation sites excluding steroid dienone is 4. The Morgan fingerprint density at radius 2 is 1.91 bits per heavy atom. The van der Waals surface area contributed by atoms with Crippen LogP contribution in [0.3, 0.4) is 0 Å². The second kappa shape index (κ2) is 12.0. The summed E-state index contributed by atoms with van der Waals surface area (Å²) in [7, 11) is -4.79. The molecule has 3 aliphatic carbocycles. The van der Waals surface area contributed by atoms with E-state index in [1.807, 2.05) is 0 Å². The molecule has 0 aliphatic heterocycles. The average molecular weight is 524 g/mol. The number of aliphatic hydroxyl groups is 1. The zero-order valence-corrected chi connectivity index (χ0v) is 20.8. The molecule has 11 heteroatoms. The molecule has 5 N–H and O–H groups in total. The first-order valence-electron chi connectivity index (χ1n) is 12.3. The molecule has 1 saturated carbocycles. The topological polar surface area (TPSA) is 122 Å². The molecule has 3 unspecified atom stereocenters. The Labute approximate surface area is 204 Å². The van der Waals surface area contributed by atoms with Crippen molar-refractivity contribution in [3.63, 3.8) is 0 Å². The van der Waals surface area contributed by atoms with Crippen molar-refractivity contribution in [2.45, 2.75) is 82.0 Å². The lowest BCUT2D eigenvalue weighted by molar-refractivity contribution is -0.111. The molecule has 0 amide bonds. The predicted octanol–water partition coefficient (Wildman–Crippen LogP) is 4.69. The maximum Gasteiger partial charge on any atom is 0.469 e. The van der Waals surface area contributed by atoms with Gasteiger partial charge in [0, 0.05) is 6.61 Å². The molecular formula is C24H37F3NO6P. The largest absolute Gasteiger partial charge is 0.469 e. The van der Waals surface area contributed by atoms with Gasteiger partial charge in [-0.25, -0.2) is 4.57 Å². The molecule has 0 heterocycles. The maximum atomic E-state index is 13.7. The summed E-state index contributed by atoms with van der Waals surface area (Å²) >= 11 is 0. The molecule has 3 aliphatic rings. The van der Waals surface area contributed by atoms with E-state index in [1.54, 1.807) is 11.6 Å². The van der Waals surface area contributed by atoms with Gasteiger partial charge in [-0.05, 0) is 82.1 Å². The number of hydrogen-bond donors (Lipinski definition) is 4. The molecular weight excluding hydrogens is 486 g/mol. The van der Waals surface area contributed by atoms with Gasteiger partial charge in [0.15, 0.2) is 0 Å². The van der Waals surface area contributed by atoms with Crippen LogP contribution in [0.15, 0.2) is 34.9 Å². The molecule has 1 fully saturated rings. The van der Waals surface area contributed by atoms with E-state index in [9.17, 15) is 22.8 Å². The predicted molar refractivity (Wildman–Crippen MR) is 125 cm³/mol. The molecule has 0 radical (unpaired) electrons. The van der Waals surface area contributed by atoms with Gasteiger partial charge in [0.25, 0.3) is 0 Å². The number of aliphatic hydroxyl groups excluding tert-OH is 1. The van der Waals surface area contributed by atoms with Gasteiger partial charge in [0.05, 0.1) is 30.4 Å². The van der Waals surface area contributed by atoms with Crippen molar-refractivity contribution in [1.82, 2.24) is 0 Å². The van der Waals surface area contributed by atoms with Crippen LogP contribution >= 0.6 is 7.82 Å². The first-order chi connectivity index (χ1) is 16.4. The lowest BCUT2D eigenvalue weighted by Crippen LogP contribution is -2.48. The van der Waals surface area contributed by atoms with Crippen molar-refractivity contribution in [2.75, 3.05) is 19.8 Å². The molecule has 0 spiro atoms. The van der Waals surface area contributed by atoms with Gasteiger partial charge in [0.2, 0.25) is 0 Å². The monoisotopic (exact) mass is 523 g/mol. The minimum absolute atomic E-state index is 0.0127.